The molecule has 0 aromatic heterocycles. The first-order valence-corrected chi connectivity index (χ1v) is 4.11. The molecule has 0 amide bonds. The molecule has 2 aliphatic rings. The van der Waals surface area contributed by atoms with E-state index in [1.165, 1.54) is 32.4 Å². The minimum Gasteiger partial charge on any atom is -0.359 e. The van der Waals surface area contributed by atoms with E-state index in [0.29, 0.717) is 0 Å². The number of fused-ring (bicyclic) bond motifs is 2. The molecule has 0 aromatic carbocycles. The van der Waals surface area contributed by atoms with E-state index in [0.717, 1.165) is 6.67 Å². The zero-order valence-corrected chi connectivity index (χ0v) is 6.29. The van der Waals surface area contributed by atoms with Gasteiger partial charge in [-0.2, -0.15) is 0 Å². The molecule has 0 radical (unpaired) electrons. The molecule has 2 rings (SSSR count). The quantitative estimate of drug-likeness (QED) is 0.496. The molecule has 2 heteroatoms. The Morgan fingerprint density at radius 2 is 1.40 bits per heavy atom. The van der Waals surface area contributed by atoms with Crippen LogP contribution in [0.2, 0.25) is 0 Å². The Kier molecular flexibility index (Phi) is 1.53. The van der Waals surface area contributed by atoms with Crippen molar-refractivity contribution in [3.8, 4) is 0 Å². The summed E-state index contributed by atoms with van der Waals surface area (Å²) in [5.74, 6) is 0. The molecule has 2 bridgehead atoms. The largest absolute Gasteiger partial charge is 0.359 e. The van der Waals surface area contributed by atoms with E-state index in [1.807, 2.05) is 0 Å². The molecule has 10 heavy (non-hydrogen) atoms. The third kappa shape index (κ3) is 1.11. The van der Waals surface area contributed by atoms with Gasteiger partial charge in [0.1, 0.15) is 0 Å². The van der Waals surface area contributed by atoms with Gasteiger partial charge in [-0.25, -0.2) is 0 Å². The first-order valence-electron chi connectivity index (χ1n) is 4.11. The highest BCUT2D eigenvalue weighted by molar-refractivity contribution is 4.91. The van der Waals surface area contributed by atoms with E-state index in [2.05, 4.69) is 22.2 Å². The lowest BCUT2D eigenvalue weighted by Crippen LogP contribution is -2.28. The second-order valence-electron chi connectivity index (χ2n) is 3.12. The topological polar surface area (TPSA) is 6.48 Å². The molecule has 2 heterocycles. The normalized spacial score (nSPS) is 24.8. The molecule has 56 valence electrons. The molecule has 2 aliphatic heterocycles. The second kappa shape index (κ2) is 2.52. The summed E-state index contributed by atoms with van der Waals surface area (Å²) in [6.45, 7) is 3.65. The van der Waals surface area contributed by atoms with Crippen LogP contribution in [0.5, 0.6) is 0 Å². The van der Waals surface area contributed by atoms with Gasteiger partial charge in [0.05, 0.1) is 6.67 Å². The lowest BCUT2D eigenvalue weighted by atomic mass is 10.2. The number of hydrogen-bond acceptors (Lipinski definition) is 2. The van der Waals surface area contributed by atoms with Crippen molar-refractivity contribution in [2.75, 3.05) is 19.8 Å². The summed E-state index contributed by atoms with van der Waals surface area (Å²) in [6.07, 6.45) is 8.57. The van der Waals surface area contributed by atoms with Crippen molar-refractivity contribution >= 4 is 0 Å². The third-order valence-electron chi connectivity index (χ3n) is 2.24. The number of nitrogens with zero attached hydrogens (tertiary/aromatic N) is 2. The Morgan fingerprint density at radius 1 is 0.800 bits per heavy atom. The third-order valence-corrected chi connectivity index (χ3v) is 2.24. The van der Waals surface area contributed by atoms with Gasteiger partial charge >= 0.3 is 0 Å². The zero-order valence-electron chi connectivity index (χ0n) is 6.29. The molecule has 0 aliphatic carbocycles. The zero-order chi connectivity index (χ0) is 6.81. The molecule has 0 N–H and O–H groups in total. The van der Waals surface area contributed by atoms with Gasteiger partial charge in [-0.05, 0) is 19.3 Å². The van der Waals surface area contributed by atoms with Crippen LogP contribution in [0.4, 0.5) is 0 Å². The Morgan fingerprint density at radius 3 is 2.00 bits per heavy atom. The van der Waals surface area contributed by atoms with Crippen LogP contribution in [0.15, 0.2) is 12.4 Å². The summed E-state index contributed by atoms with van der Waals surface area (Å²) in [5.41, 5.74) is 0. The van der Waals surface area contributed by atoms with Crippen LogP contribution in [0.1, 0.15) is 19.3 Å². The second-order valence-corrected chi connectivity index (χ2v) is 3.12. The van der Waals surface area contributed by atoms with Crippen LogP contribution in [-0.2, 0) is 0 Å². The van der Waals surface area contributed by atoms with Crippen molar-refractivity contribution in [2.45, 2.75) is 19.3 Å². The van der Waals surface area contributed by atoms with Gasteiger partial charge in [0, 0.05) is 25.5 Å². The van der Waals surface area contributed by atoms with Gasteiger partial charge < -0.3 is 9.80 Å². The average Bonchev–Trinajstić information content (AvgIpc) is 2.30. The van der Waals surface area contributed by atoms with Crippen LogP contribution < -0.4 is 0 Å². The molecule has 0 aromatic rings. The van der Waals surface area contributed by atoms with Gasteiger partial charge in [-0.15, -0.1) is 0 Å². The van der Waals surface area contributed by atoms with E-state index < -0.39 is 0 Å². The molecular formula is C8H14N2. The maximum Gasteiger partial charge on any atom is 0.0893 e. The standard InChI is InChI=1S/C8H14N2/c1-2-4-9-6-7-10(8-9)5-3-1/h6-7H,1-5,8H2. The van der Waals surface area contributed by atoms with Crippen molar-refractivity contribution in [1.29, 1.82) is 0 Å². The highest BCUT2D eigenvalue weighted by Crippen LogP contribution is 2.13. The Bertz CT molecular complexity index is 128. The van der Waals surface area contributed by atoms with E-state index in [-0.39, 0.29) is 0 Å². The smallest absolute Gasteiger partial charge is 0.0893 e. The highest BCUT2D eigenvalue weighted by atomic mass is 15.3. The van der Waals surface area contributed by atoms with Gasteiger partial charge in [-0.1, -0.05) is 0 Å². The van der Waals surface area contributed by atoms with Crippen LogP contribution >= 0.6 is 0 Å². The van der Waals surface area contributed by atoms with Crippen molar-refractivity contribution in [2.24, 2.45) is 0 Å². The molecular weight excluding hydrogens is 124 g/mol. The maximum absolute atomic E-state index is 2.39. The summed E-state index contributed by atoms with van der Waals surface area (Å²) >= 11 is 0. The van der Waals surface area contributed by atoms with Crippen LogP contribution in [-0.4, -0.2) is 29.6 Å². The Hall–Kier alpha value is -0.660. The fraction of sp³-hybridized carbons (Fsp3) is 0.750. The van der Waals surface area contributed by atoms with E-state index in [9.17, 15) is 0 Å². The molecule has 0 unspecified atom stereocenters. The average molecular weight is 138 g/mol. The van der Waals surface area contributed by atoms with E-state index >= 15 is 0 Å². The van der Waals surface area contributed by atoms with Crippen LogP contribution in [0.25, 0.3) is 0 Å². The Labute approximate surface area is 62.1 Å². The minimum absolute atomic E-state index is 1.14. The molecule has 0 spiro atoms. The van der Waals surface area contributed by atoms with Gasteiger partial charge in [-0.3, -0.25) is 0 Å². The van der Waals surface area contributed by atoms with Crippen molar-refractivity contribution in [3.63, 3.8) is 0 Å². The van der Waals surface area contributed by atoms with Crippen molar-refractivity contribution in [3.05, 3.63) is 12.4 Å². The molecule has 1 saturated heterocycles. The predicted octanol–water partition coefficient (Wildman–Crippen LogP) is 1.22. The minimum atomic E-state index is 1.14. The van der Waals surface area contributed by atoms with Gasteiger partial charge in [0.2, 0.25) is 0 Å². The molecule has 0 saturated carbocycles. The lowest BCUT2D eigenvalue weighted by Gasteiger charge is -2.23. The Balaban J connectivity index is 1.98. The summed E-state index contributed by atoms with van der Waals surface area (Å²) in [5, 5.41) is 0. The van der Waals surface area contributed by atoms with Crippen LogP contribution in [0, 0.1) is 0 Å². The summed E-state index contributed by atoms with van der Waals surface area (Å²) in [6, 6.07) is 0. The van der Waals surface area contributed by atoms with E-state index in [4.69, 9.17) is 0 Å². The SMILES string of the molecule is C1=CN2CCCCCN1C2. The first-order chi connectivity index (χ1) is 4.95. The van der Waals surface area contributed by atoms with Crippen LogP contribution in [0.3, 0.4) is 0 Å². The fourth-order valence-electron chi connectivity index (χ4n) is 1.61. The summed E-state index contributed by atoms with van der Waals surface area (Å²) in [7, 11) is 0. The number of rotatable bonds is 0. The summed E-state index contributed by atoms with van der Waals surface area (Å²) in [4.78, 5) is 4.78. The first kappa shape index (κ1) is 6.08. The molecule has 2 nitrogen and oxygen atoms in total. The van der Waals surface area contributed by atoms with Crippen molar-refractivity contribution < 1.29 is 0 Å². The number of hydrogen-bond donors (Lipinski definition) is 0. The monoisotopic (exact) mass is 138 g/mol. The summed E-state index contributed by atoms with van der Waals surface area (Å²) < 4.78 is 0. The predicted molar refractivity (Wildman–Crippen MR) is 41.3 cm³/mol. The lowest BCUT2D eigenvalue weighted by molar-refractivity contribution is 0.237. The fourth-order valence-corrected chi connectivity index (χ4v) is 1.61. The molecule has 1 fully saturated rings. The van der Waals surface area contributed by atoms with Crippen molar-refractivity contribution in [1.82, 2.24) is 9.80 Å². The molecule has 0 atom stereocenters. The van der Waals surface area contributed by atoms with Gasteiger partial charge in [0.25, 0.3) is 0 Å². The highest BCUT2D eigenvalue weighted by Gasteiger charge is 2.13. The van der Waals surface area contributed by atoms with Gasteiger partial charge in [0.15, 0.2) is 0 Å². The van der Waals surface area contributed by atoms with E-state index in [1.54, 1.807) is 0 Å². The maximum atomic E-state index is 2.39.